The van der Waals surface area contributed by atoms with Gasteiger partial charge in [0.1, 0.15) is 5.75 Å². The highest BCUT2D eigenvalue weighted by molar-refractivity contribution is 6.32. The summed E-state index contributed by atoms with van der Waals surface area (Å²) in [5.41, 5.74) is 1.40. The second-order valence-electron chi connectivity index (χ2n) is 6.40. The molecule has 1 aliphatic rings. The molecule has 0 unspecified atom stereocenters. The molecule has 3 amide bonds. The van der Waals surface area contributed by atoms with Crippen LogP contribution in [-0.2, 0) is 4.79 Å². The van der Waals surface area contributed by atoms with Crippen molar-refractivity contribution in [2.45, 2.75) is 12.8 Å². The molecule has 0 atom stereocenters. The monoisotopic (exact) mass is 387 g/mol. The number of methoxy groups -OCH3 is 1. The number of carbonyl (C=O) groups is 2. The lowest BCUT2D eigenvalue weighted by Gasteiger charge is -2.31. The minimum absolute atomic E-state index is 0.0562. The van der Waals surface area contributed by atoms with Crippen molar-refractivity contribution < 1.29 is 14.3 Å². The van der Waals surface area contributed by atoms with E-state index < -0.39 is 0 Å². The van der Waals surface area contributed by atoms with Gasteiger partial charge in [0.25, 0.3) is 0 Å². The zero-order valence-corrected chi connectivity index (χ0v) is 15.8. The summed E-state index contributed by atoms with van der Waals surface area (Å²) in [6, 6.07) is 14.3. The molecule has 6 nitrogen and oxygen atoms in total. The van der Waals surface area contributed by atoms with Crippen LogP contribution in [0.25, 0.3) is 0 Å². The summed E-state index contributed by atoms with van der Waals surface area (Å²) >= 11 is 6.09. The number of urea groups is 1. The van der Waals surface area contributed by atoms with Gasteiger partial charge in [0.05, 0.1) is 12.1 Å². The van der Waals surface area contributed by atoms with E-state index >= 15 is 0 Å². The van der Waals surface area contributed by atoms with E-state index in [2.05, 4.69) is 10.6 Å². The average molecular weight is 388 g/mol. The van der Waals surface area contributed by atoms with Crippen LogP contribution < -0.4 is 15.4 Å². The van der Waals surface area contributed by atoms with E-state index in [9.17, 15) is 9.59 Å². The highest BCUT2D eigenvalue weighted by Crippen LogP contribution is 2.28. The first kappa shape index (κ1) is 19.0. The summed E-state index contributed by atoms with van der Waals surface area (Å²) in [4.78, 5) is 26.6. The van der Waals surface area contributed by atoms with Crippen LogP contribution in [0.4, 0.5) is 16.2 Å². The Bertz CT molecular complexity index is 805. The summed E-state index contributed by atoms with van der Waals surface area (Å²) in [5, 5.41) is 6.21. The molecular formula is C20H22ClN3O3. The standard InChI is InChI=1S/C20H22ClN3O3/c1-27-18-8-7-16(13-17(18)21)22-19(25)14-9-11-24(12-10-14)20(26)23-15-5-3-2-4-6-15/h2-8,13-14H,9-12H2,1H3,(H,22,25)(H,23,26). The zero-order chi connectivity index (χ0) is 19.2. The van der Waals surface area contributed by atoms with Crippen LogP contribution in [0.5, 0.6) is 5.75 Å². The minimum Gasteiger partial charge on any atom is -0.495 e. The van der Waals surface area contributed by atoms with Gasteiger partial charge in [-0.1, -0.05) is 29.8 Å². The molecule has 1 aliphatic heterocycles. The molecule has 0 bridgehead atoms. The van der Waals surface area contributed by atoms with Gasteiger partial charge in [0.2, 0.25) is 5.91 Å². The van der Waals surface area contributed by atoms with Gasteiger partial charge in [-0.25, -0.2) is 4.79 Å². The van der Waals surface area contributed by atoms with Gasteiger partial charge < -0.3 is 20.3 Å². The van der Waals surface area contributed by atoms with E-state index in [1.165, 1.54) is 0 Å². The number of ether oxygens (including phenoxy) is 1. The second-order valence-corrected chi connectivity index (χ2v) is 6.80. The van der Waals surface area contributed by atoms with E-state index in [4.69, 9.17) is 16.3 Å². The van der Waals surface area contributed by atoms with Gasteiger partial charge in [0.15, 0.2) is 0 Å². The average Bonchev–Trinajstić information content (AvgIpc) is 2.69. The number of benzene rings is 2. The molecule has 1 fully saturated rings. The van der Waals surface area contributed by atoms with E-state index in [0.29, 0.717) is 42.4 Å². The summed E-state index contributed by atoms with van der Waals surface area (Å²) in [6.45, 7) is 1.08. The maximum Gasteiger partial charge on any atom is 0.321 e. The fourth-order valence-corrected chi connectivity index (χ4v) is 3.31. The van der Waals surface area contributed by atoms with Gasteiger partial charge in [-0.2, -0.15) is 0 Å². The van der Waals surface area contributed by atoms with Crippen LogP contribution in [0, 0.1) is 5.92 Å². The number of rotatable bonds is 4. The molecule has 7 heteroatoms. The Kier molecular flexibility index (Phi) is 6.19. The lowest BCUT2D eigenvalue weighted by atomic mass is 9.96. The quantitative estimate of drug-likeness (QED) is 0.824. The van der Waals surface area contributed by atoms with Crippen molar-refractivity contribution >= 4 is 34.9 Å². The number of hydrogen-bond donors (Lipinski definition) is 2. The molecular weight excluding hydrogens is 366 g/mol. The van der Waals surface area contributed by atoms with Crippen LogP contribution >= 0.6 is 11.6 Å². The maximum absolute atomic E-state index is 12.5. The first-order valence-electron chi connectivity index (χ1n) is 8.82. The molecule has 2 aromatic carbocycles. The van der Waals surface area contributed by atoms with Gasteiger partial charge >= 0.3 is 6.03 Å². The Morgan fingerprint density at radius 1 is 1.04 bits per heavy atom. The third-order valence-electron chi connectivity index (χ3n) is 4.60. The fraction of sp³-hybridized carbons (Fsp3) is 0.300. The van der Waals surface area contributed by atoms with Crippen LogP contribution in [-0.4, -0.2) is 37.0 Å². The number of piperidine rings is 1. The first-order valence-corrected chi connectivity index (χ1v) is 9.20. The molecule has 2 N–H and O–H groups in total. The van der Waals surface area contributed by atoms with Crippen LogP contribution in [0.15, 0.2) is 48.5 Å². The lowest BCUT2D eigenvalue weighted by Crippen LogP contribution is -2.43. The molecule has 3 rings (SSSR count). The first-order chi connectivity index (χ1) is 13.1. The van der Waals surface area contributed by atoms with Gasteiger partial charge in [-0.05, 0) is 43.2 Å². The van der Waals surface area contributed by atoms with Crippen LogP contribution in [0.1, 0.15) is 12.8 Å². The molecule has 0 spiro atoms. The van der Waals surface area contributed by atoms with Crippen molar-refractivity contribution in [1.29, 1.82) is 0 Å². The van der Waals surface area contributed by atoms with Crippen LogP contribution in [0.3, 0.4) is 0 Å². The van der Waals surface area contributed by atoms with Crippen molar-refractivity contribution in [2.24, 2.45) is 5.92 Å². The summed E-state index contributed by atoms with van der Waals surface area (Å²) in [6.07, 6.45) is 1.25. The molecule has 0 aromatic heterocycles. The molecule has 27 heavy (non-hydrogen) atoms. The van der Waals surface area contributed by atoms with Crippen molar-refractivity contribution in [3.63, 3.8) is 0 Å². The Morgan fingerprint density at radius 3 is 2.37 bits per heavy atom. The Hall–Kier alpha value is -2.73. The number of likely N-dealkylation sites (tertiary alicyclic amines) is 1. The molecule has 0 aliphatic carbocycles. The predicted octanol–water partition coefficient (Wildman–Crippen LogP) is 4.23. The minimum atomic E-state index is -0.137. The van der Waals surface area contributed by atoms with Gasteiger partial charge in [0, 0.05) is 30.4 Å². The van der Waals surface area contributed by atoms with Crippen molar-refractivity contribution in [1.82, 2.24) is 4.90 Å². The third-order valence-corrected chi connectivity index (χ3v) is 4.89. The SMILES string of the molecule is COc1ccc(NC(=O)C2CCN(C(=O)Nc3ccccc3)CC2)cc1Cl. The number of nitrogens with one attached hydrogen (secondary N) is 2. The topological polar surface area (TPSA) is 70.7 Å². The van der Waals surface area contributed by atoms with E-state index in [0.717, 1.165) is 5.69 Å². The second kappa shape index (κ2) is 8.77. The zero-order valence-electron chi connectivity index (χ0n) is 15.1. The number of nitrogens with zero attached hydrogens (tertiary/aromatic N) is 1. The number of para-hydroxylation sites is 1. The van der Waals surface area contributed by atoms with Gasteiger partial charge in [-0.15, -0.1) is 0 Å². The molecule has 2 aromatic rings. The maximum atomic E-state index is 12.5. The van der Waals surface area contributed by atoms with Crippen molar-refractivity contribution in [3.8, 4) is 5.75 Å². The van der Waals surface area contributed by atoms with Crippen molar-refractivity contribution in [2.75, 3.05) is 30.8 Å². The summed E-state index contributed by atoms with van der Waals surface area (Å²) < 4.78 is 5.11. The Morgan fingerprint density at radius 2 is 1.74 bits per heavy atom. The Balaban J connectivity index is 1.50. The lowest BCUT2D eigenvalue weighted by molar-refractivity contribution is -0.121. The third kappa shape index (κ3) is 4.92. The molecule has 142 valence electrons. The van der Waals surface area contributed by atoms with E-state index in [1.807, 2.05) is 30.3 Å². The number of halogens is 1. The molecule has 1 saturated heterocycles. The highest BCUT2D eigenvalue weighted by Gasteiger charge is 2.27. The number of anilines is 2. The summed E-state index contributed by atoms with van der Waals surface area (Å²) in [5.74, 6) is 0.374. The summed E-state index contributed by atoms with van der Waals surface area (Å²) in [7, 11) is 1.54. The Labute approximate surface area is 163 Å². The normalized spacial score (nSPS) is 14.5. The largest absolute Gasteiger partial charge is 0.495 e. The molecule has 1 heterocycles. The predicted molar refractivity (Wildman–Crippen MR) is 106 cm³/mol. The smallest absolute Gasteiger partial charge is 0.321 e. The van der Waals surface area contributed by atoms with Crippen LogP contribution in [0.2, 0.25) is 5.02 Å². The molecule has 0 saturated carbocycles. The number of carbonyl (C=O) groups excluding carboxylic acids is 2. The fourth-order valence-electron chi connectivity index (χ4n) is 3.06. The highest BCUT2D eigenvalue weighted by atomic mass is 35.5. The van der Waals surface area contributed by atoms with E-state index in [-0.39, 0.29) is 17.9 Å². The molecule has 0 radical (unpaired) electrons. The number of hydrogen-bond acceptors (Lipinski definition) is 3. The van der Waals surface area contributed by atoms with Crippen molar-refractivity contribution in [3.05, 3.63) is 53.6 Å². The van der Waals surface area contributed by atoms with E-state index in [1.54, 1.807) is 30.2 Å². The number of amides is 3. The van der Waals surface area contributed by atoms with Gasteiger partial charge in [-0.3, -0.25) is 4.79 Å².